The SMILES string of the molecule is C=CCNc1nnc(SC(C)C(=O)Nc2ccc(Cl)cc2F)s1. The Labute approximate surface area is 146 Å². The smallest absolute Gasteiger partial charge is 0.237 e. The zero-order valence-electron chi connectivity index (χ0n) is 12.2. The number of halogens is 2. The highest BCUT2D eigenvalue weighted by Gasteiger charge is 2.18. The van der Waals surface area contributed by atoms with Crippen molar-refractivity contribution in [3.05, 3.63) is 41.7 Å². The van der Waals surface area contributed by atoms with Gasteiger partial charge < -0.3 is 10.6 Å². The fraction of sp³-hybridized carbons (Fsp3) is 0.214. The zero-order chi connectivity index (χ0) is 16.8. The molecule has 1 aromatic carbocycles. The van der Waals surface area contributed by atoms with Crippen molar-refractivity contribution in [1.29, 1.82) is 0 Å². The molecule has 2 rings (SSSR count). The van der Waals surface area contributed by atoms with E-state index in [2.05, 4.69) is 27.4 Å². The van der Waals surface area contributed by atoms with Crippen LogP contribution < -0.4 is 10.6 Å². The highest BCUT2D eigenvalue weighted by atomic mass is 35.5. The number of carbonyl (C=O) groups is 1. The van der Waals surface area contributed by atoms with Crippen molar-refractivity contribution in [2.24, 2.45) is 0 Å². The summed E-state index contributed by atoms with van der Waals surface area (Å²) in [6.45, 7) is 5.91. The summed E-state index contributed by atoms with van der Waals surface area (Å²) in [5.74, 6) is -0.901. The van der Waals surface area contributed by atoms with Crippen molar-refractivity contribution in [1.82, 2.24) is 10.2 Å². The number of carbonyl (C=O) groups excluding carboxylic acids is 1. The Kier molecular flexibility index (Phi) is 6.37. The van der Waals surface area contributed by atoms with Gasteiger partial charge in [-0.15, -0.1) is 16.8 Å². The number of nitrogens with zero attached hydrogens (tertiary/aromatic N) is 2. The summed E-state index contributed by atoms with van der Waals surface area (Å²) < 4.78 is 14.3. The first-order valence-corrected chi connectivity index (χ1v) is 8.68. The van der Waals surface area contributed by atoms with E-state index in [4.69, 9.17) is 11.6 Å². The standard InChI is InChI=1S/C14H14ClFN4OS2/c1-3-6-17-13-19-20-14(23-13)22-8(2)12(21)18-11-5-4-9(15)7-10(11)16/h3-5,7-8H,1,6H2,2H3,(H,17,19)(H,18,21). The molecule has 0 radical (unpaired) electrons. The number of benzene rings is 1. The summed E-state index contributed by atoms with van der Waals surface area (Å²) in [7, 11) is 0. The summed E-state index contributed by atoms with van der Waals surface area (Å²) >= 11 is 8.27. The van der Waals surface area contributed by atoms with Gasteiger partial charge in [-0.1, -0.05) is 40.8 Å². The fourth-order valence-electron chi connectivity index (χ4n) is 1.52. The second-order valence-electron chi connectivity index (χ2n) is 4.42. The van der Waals surface area contributed by atoms with Crippen molar-refractivity contribution in [2.45, 2.75) is 16.5 Å². The molecule has 5 nitrogen and oxygen atoms in total. The molecule has 23 heavy (non-hydrogen) atoms. The molecule has 0 aliphatic carbocycles. The van der Waals surface area contributed by atoms with Crippen LogP contribution in [-0.4, -0.2) is 27.9 Å². The molecule has 0 saturated heterocycles. The van der Waals surface area contributed by atoms with Gasteiger partial charge in [0.15, 0.2) is 4.34 Å². The third kappa shape index (κ3) is 5.19. The molecule has 0 spiro atoms. The molecule has 9 heteroatoms. The largest absolute Gasteiger partial charge is 0.357 e. The molecule has 0 bridgehead atoms. The van der Waals surface area contributed by atoms with Gasteiger partial charge in [-0.3, -0.25) is 4.79 Å². The van der Waals surface area contributed by atoms with Crippen molar-refractivity contribution >= 4 is 51.4 Å². The minimum atomic E-state index is -0.574. The first-order valence-electron chi connectivity index (χ1n) is 6.60. The van der Waals surface area contributed by atoms with Crippen LogP contribution in [0.1, 0.15) is 6.92 Å². The summed E-state index contributed by atoms with van der Waals surface area (Å²) in [6, 6.07) is 4.09. The van der Waals surface area contributed by atoms with Gasteiger partial charge in [0.25, 0.3) is 0 Å². The van der Waals surface area contributed by atoms with Crippen LogP contribution in [0.5, 0.6) is 0 Å². The minimum absolute atomic E-state index is 0.0949. The maximum atomic E-state index is 13.7. The zero-order valence-corrected chi connectivity index (χ0v) is 14.6. The Hall–Kier alpha value is -1.64. The third-order valence-corrected chi connectivity index (χ3v) is 4.94. The predicted molar refractivity (Wildman–Crippen MR) is 94.0 cm³/mol. The summed E-state index contributed by atoms with van der Waals surface area (Å²) in [6.07, 6.45) is 1.71. The van der Waals surface area contributed by atoms with Crippen LogP contribution in [0.2, 0.25) is 5.02 Å². The maximum absolute atomic E-state index is 13.7. The molecule has 0 aliphatic heterocycles. The average Bonchev–Trinajstić information content (AvgIpc) is 2.95. The summed E-state index contributed by atoms with van der Waals surface area (Å²) in [5, 5.41) is 14.0. The van der Waals surface area contributed by atoms with Gasteiger partial charge in [-0.25, -0.2) is 4.39 Å². The topological polar surface area (TPSA) is 66.9 Å². The number of anilines is 2. The number of thioether (sulfide) groups is 1. The van der Waals surface area contributed by atoms with E-state index in [0.29, 0.717) is 16.0 Å². The lowest BCUT2D eigenvalue weighted by Gasteiger charge is -2.11. The van der Waals surface area contributed by atoms with Gasteiger partial charge in [0.2, 0.25) is 11.0 Å². The minimum Gasteiger partial charge on any atom is -0.357 e. The van der Waals surface area contributed by atoms with Crippen LogP contribution in [0.15, 0.2) is 35.2 Å². The highest BCUT2D eigenvalue weighted by molar-refractivity contribution is 8.02. The molecule has 2 N–H and O–H groups in total. The van der Waals surface area contributed by atoms with Crippen LogP contribution in [-0.2, 0) is 4.79 Å². The molecule has 1 atom stereocenters. The lowest BCUT2D eigenvalue weighted by atomic mass is 10.3. The van der Waals surface area contributed by atoms with Crippen molar-refractivity contribution in [2.75, 3.05) is 17.2 Å². The van der Waals surface area contributed by atoms with Crippen molar-refractivity contribution < 1.29 is 9.18 Å². The number of hydrogen-bond acceptors (Lipinski definition) is 6. The first kappa shape index (κ1) is 17.7. The average molecular weight is 373 g/mol. The van der Waals surface area contributed by atoms with E-state index in [1.54, 1.807) is 13.0 Å². The summed E-state index contributed by atoms with van der Waals surface area (Å²) in [4.78, 5) is 12.1. The van der Waals surface area contributed by atoms with Crippen LogP contribution in [0, 0.1) is 5.82 Å². The maximum Gasteiger partial charge on any atom is 0.237 e. The fourth-order valence-corrected chi connectivity index (χ4v) is 3.58. The van der Waals surface area contributed by atoms with Gasteiger partial charge in [-0.2, -0.15) is 0 Å². The lowest BCUT2D eigenvalue weighted by molar-refractivity contribution is -0.115. The number of aromatic nitrogens is 2. The Bertz CT molecular complexity index is 710. The van der Waals surface area contributed by atoms with Gasteiger partial charge >= 0.3 is 0 Å². The lowest BCUT2D eigenvalue weighted by Crippen LogP contribution is -2.22. The quantitative estimate of drug-likeness (QED) is 0.567. The second-order valence-corrected chi connectivity index (χ2v) is 7.42. The van der Waals surface area contributed by atoms with E-state index in [0.717, 1.165) is 6.07 Å². The third-order valence-electron chi connectivity index (χ3n) is 2.64. The van der Waals surface area contributed by atoms with Crippen molar-refractivity contribution in [3.63, 3.8) is 0 Å². The number of hydrogen-bond donors (Lipinski definition) is 2. The van der Waals surface area contributed by atoms with E-state index in [-0.39, 0.29) is 16.6 Å². The van der Waals surface area contributed by atoms with E-state index < -0.39 is 11.1 Å². The monoisotopic (exact) mass is 372 g/mol. The van der Waals surface area contributed by atoms with Crippen LogP contribution >= 0.6 is 34.7 Å². The predicted octanol–water partition coefficient (Wildman–Crippen LogP) is 4.05. The molecule has 2 aromatic rings. The molecule has 1 heterocycles. The normalized spacial score (nSPS) is 11.8. The van der Waals surface area contributed by atoms with Gasteiger partial charge in [0.05, 0.1) is 10.9 Å². The molecule has 0 aliphatic rings. The van der Waals surface area contributed by atoms with Gasteiger partial charge in [0, 0.05) is 11.6 Å². The highest BCUT2D eigenvalue weighted by Crippen LogP contribution is 2.29. The van der Waals surface area contributed by atoms with Crippen LogP contribution in [0.3, 0.4) is 0 Å². The molecular formula is C14H14ClFN4OS2. The molecule has 1 amide bonds. The Morgan fingerprint density at radius 3 is 3.04 bits per heavy atom. The van der Waals surface area contributed by atoms with E-state index in [9.17, 15) is 9.18 Å². The molecule has 122 valence electrons. The number of rotatable bonds is 7. The number of amides is 1. The van der Waals surface area contributed by atoms with Crippen molar-refractivity contribution in [3.8, 4) is 0 Å². The molecule has 0 fully saturated rings. The molecular weight excluding hydrogens is 359 g/mol. The first-order chi connectivity index (χ1) is 11.0. The second kappa shape index (κ2) is 8.28. The van der Waals surface area contributed by atoms with Gasteiger partial charge in [-0.05, 0) is 25.1 Å². The Morgan fingerprint density at radius 1 is 1.57 bits per heavy atom. The Balaban J connectivity index is 1.94. The number of nitrogens with one attached hydrogen (secondary N) is 2. The van der Waals surface area contributed by atoms with E-state index in [1.807, 2.05) is 0 Å². The van der Waals surface area contributed by atoms with Crippen LogP contribution in [0.25, 0.3) is 0 Å². The molecule has 1 unspecified atom stereocenters. The van der Waals surface area contributed by atoms with E-state index >= 15 is 0 Å². The summed E-state index contributed by atoms with van der Waals surface area (Å²) in [5.41, 5.74) is 0.0949. The molecule has 0 saturated carbocycles. The van der Waals surface area contributed by atoms with Crippen LogP contribution in [0.4, 0.5) is 15.2 Å². The Morgan fingerprint density at radius 2 is 2.35 bits per heavy atom. The molecule has 1 aromatic heterocycles. The van der Waals surface area contributed by atoms with Gasteiger partial charge in [0.1, 0.15) is 5.82 Å². The van der Waals surface area contributed by atoms with E-state index in [1.165, 1.54) is 35.2 Å².